The van der Waals surface area contributed by atoms with E-state index >= 15 is 0 Å². The third-order valence-corrected chi connectivity index (χ3v) is 4.72. The normalized spacial score (nSPS) is 37.0. The molecule has 0 radical (unpaired) electrons. The number of methoxy groups -OCH3 is 1. The Morgan fingerprint density at radius 1 is 0.808 bits per heavy atom. The molecule has 3 fully saturated rings. The van der Waals surface area contributed by atoms with Gasteiger partial charge in [-0.15, -0.1) is 0 Å². The number of benzene rings is 1. The summed E-state index contributed by atoms with van der Waals surface area (Å²) in [6.45, 7) is 7.84. The number of hydrogen-bond donors (Lipinski definition) is 0. The summed E-state index contributed by atoms with van der Waals surface area (Å²) in [6.07, 6.45) is -1.72. The Morgan fingerprint density at radius 3 is 2.08 bits per heavy atom. The molecule has 0 N–H and O–H groups in total. The molecule has 3 aliphatic rings. The van der Waals surface area contributed by atoms with Crippen LogP contribution in [-0.4, -0.2) is 56.0 Å². The molecule has 1 aromatic carbocycles. The van der Waals surface area contributed by atoms with Crippen molar-refractivity contribution in [3.8, 4) is 11.5 Å². The molecule has 144 valence electrons. The predicted molar refractivity (Wildman–Crippen MR) is 91.0 cm³/mol. The zero-order valence-electron chi connectivity index (χ0n) is 15.8. The van der Waals surface area contributed by atoms with E-state index in [1.807, 2.05) is 52.0 Å². The summed E-state index contributed by atoms with van der Waals surface area (Å²) in [5, 5.41) is 0. The van der Waals surface area contributed by atoms with Gasteiger partial charge in [0.05, 0.1) is 7.11 Å². The highest BCUT2D eigenvalue weighted by Gasteiger charge is 2.60. The van der Waals surface area contributed by atoms with E-state index in [2.05, 4.69) is 0 Å². The molecular formula is C19H26O7. The molecule has 3 saturated heterocycles. The summed E-state index contributed by atoms with van der Waals surface area (Å²) in [5.41, 5.74) is 0. The van der Waals surface area contributed by atoms with Crippen molar-refractivity contribution in [3.05, 3.63) is 24.3 Å². The van der Waals surface area contributed by atoms with Crippen LogP contribution in [0.3, 0.4) is 0 Å². The van der Waals surface area contributed by atoms with Gasteiger partial charge < -0.3 is 33.2 Å². The molecule has 0 bridgehead atoms. The molecule has 0 aliphatic carbocycles. The minimum atomic E-state index is -0.721. The number of ether oxygens (including phenoxy) is 7. The molecule has 0 saturated carbocycles. The van der Waals surface area contributed by atoms with Crippen LogP contribution in [0, 0.1) is 0 Å². The van der Waals surface area contributed by atoms with Crippen LogP contribution >= 0.6 is 0 Å². The van der Waals surface area contributed by atoms with Crippen molar-refractivity contribution in [2.45, 2.75) is 70.0 Å². The molecule has 0 spiro atoms. The van der Waals surface area contributed by atoms with Gasteiger partial charge in [0.2, 0.25) is 0 Å². The molecule has 26 heavy (non-hydrogen) atoms. The second-order valence-corrected chi connectivity index (χ2v) is 7.69. The summed E-state index contributed by atoms with van der Waals surface area (Å²) < 4.78 is 41.2. The standard InChI is InChI=1S/C19H26O7/c1-18(2)23-14-13(10-21-12-8-6-11(20-5)7-9-12)22-17-16(15(14)24-18)25-19(3,4)26-17/h6-9,13-17H,10H2,1-5H3/t13?,14-,15?,16?,17+/m0/s1. The molecule has 3 heterocycles. The highest BCUT2D eigenvalue weighted by molar-refractivity contribution is 5.31. The number of fused-ring (bicyclic) bond motifs is 3. The van der Waals surface area contributed by atoms with Crippen molar-refractivity contribution >= 4 is 0 Å². The molecule has 4 rings (SSSR count). The minimum absolute atomic E-state index is 0.269. The van der Waals surface area contributed by atoms with Crippen LogP contribution in [0.25, 0.3) is 0 Å². The van der Waals surface area contributed by atoms with Crippen molar-refractivity contribution in [1.82, 2.24) is 0 Å². The number of hydrogen-bond acceptors (Lipinski definition) is 7. The lowest BCUT2D eigenvalue weighted by Gasteiger charge is -2.37. The van der Waals surface area contributed by atoms with Crippen LogP contribution in [0.2, 0.25) is 0 Å². The first kappa shape index (κ1) is 18.0. The topological polar surface area (TPSA) is 64.6 Å². The van der Waals surface area contributed by atoms with Gasteiger partial charge in [-0.05, 0) is 52.0 Å². The molecule has 5 atom stereocenters. The van der Waals surface area contributed by atoms with Gasteiger partial charge in [-0.25, -0.2) is 0 Å². The maximum atomic E-state index is 6.12. The van der Waals surface area contributed by atoms with E-state index in [1.165, 1.54) is 0 Å². The monoisotopic (exact) mass is 366 g/mol. The Bertz CT molecular complexity index is 642. The SMILES string of the molecule is COc1ccc(OCC2O[C@@H]3OC(C)(C)OC3C3OC(C)(C)O[C@@H]23)cc1. The Labute approximate surface area is 153 Å². The fourth-order valence-corrected chi connectivity index (χ4v) is 3.68. The minimum Gasteiger partial charge on any atom is -0.497 e. The first-order chi connectivity index (χ1) is 12.3. The predicted octanol–water partition coefficient (Wildman–Crippen LogP) is 2.47. The summed E-state index contributed by atoms with van der Waals surface area (Å²) in [7, 11) is 1.63. The largest absolute Gasteiger partial charge is 0.497 e. The fourth-order valence-electron chi connectivity index (χ4n) is 3.68. The quantitative estimate of drug-likeness (QED) is 0.811. The second kappa shape index (κ2) is 6.35. The van der Waals surface area contributed by atoms with Gasteiger partial charge >= 0.3 is 0 Å². The summed E-state index contributed by atoms with van der Waals surface area (Å²) >= 11 is 0. The Morgan fingerprint density at radius 2 is 1.38 bits per heavy atom. The fraction of sp³-hybridized carbons (Fsp3) is 0.684. The van der Waals surface area contributed by atoms with Gasteiger partial charge in [0.1, 0.15) is 42.5 Å². The third-order valence-electron chi connectivity index (χ3n) is 4.72. The molecule has 0 amide bonds. The summed E-state index contributed by atoms with van der Waals surface area (Å²) in [5.74, 6) is 0.0846. The summed E-state index contributed by atoms with van der Waals surface area (Å²) in [4.78, 5) is 0. The maximum absolute atomic E-state index is 6.12. The van der Waals surface area contributed by atoms with Crippen molar-refractivity contribution in [1.29, 1.82) is 0 Å². The lowest BCUT2D eigenvalue weighted by Crippen LogP contribution is -2.56. The lowest BCUT2D eigenvalue weighted by atomic mass is 9.99. The van der Waals surface area contributed by atoms with Crippen LogP contribution in [0.5, 0.6) is 11.5 Å². The van der Waals surface area contributed by atoms with E-state index in [9.17, 15) is 0 Å². The van der Waals surface area contributed by atoms with Gasteiger partial charge in [-0.2, -0.15) is 0 Å². The highest BCUT2D eigenvalue weighted by atomic mass is 16.9. The molecule has 3 unspecified atom stereocenters. The molecule has 7 nitrogen and oxygen atoms in total. The zero-order chi connectivity index (χ0) is 18.5. The zero-order valence-corrected chi connectivity index (χ0v) is 15.8. The van der Waals surface area contributed by atoms with Crippen molar-refractivity contribution < 1.29 is 33.2 Å². The van der Waals surface area contributed by atoms with Crippen LogP contribution in [0.1, 0.15) is 27.7 Å². The average Bonchev–Trinajstić information content (AvgIpc) is 3.07. The molecule has 3 aliphatic heterocycles. The Balaban J connectivity index is 1.48. The molecule has 7 heteroatoms. The second-order valence-electron chi connectivity index (χ2n) is 7.69. The first-order valence-electron chi connectivity index (χ1n) is 8.90. The van der Waals surface area contributed by atoms with E-state index in [-0.39, 0.29) is 24.4 Å². The Hall–Kier alpha value is -1.38. The van der Waals surface area contributed by atoms with Gasteiger partial charge in [-0.1, -0.05) is 0 Å². The van der Waals surface area contributed by atoms with Crippen LogP contribution in [0.15, 0.2) is 24.3 Å². The third kappa shape index (κ3) is 3.42. The highest BCUT2D eigenvalue weighted by Crippen LogP contribution is 2.44. The number of rotatable bonds is 4. The van der Waals surface area contributed by atoms with Crippen molar-refractivity contribution in [2.24, 2.45) is 0 Å². The lowest BCUT2D eigenvalue weighted by molar-refractivity contribution is -0.238. The molecular weight excluding hydrogens is 340 g/mol. The van der Waals surface area contributed by atoms with Crippen LogP contribution in [-0.2, 0) is 23.7 Å². The van der Waals surface area contributed by atoms with E-state index in [0.29, 0.717) is 6.61 Å². The molecule has 0 aromatic heterocycles. The van der Waals surface area contributed by atoms with Gasteiger partial charge in [-0.3, -0.25) is 0 Å². The summed E-state index contributed by atoms with van der Waals surface area (Å²) in [6, 6.07) is 7.42. The van der Waals surface area contributed by atoms with Crippen LogP contribution in [0.4, 0.5) is 0 Å². The van der Waals surface area contributed by atoms with E-state index in [0.717, 1.165) is 11.5 Å². The van der Waals surface area contributed by atoms with E-state index < -0.39 is 17.9 Å². The van der Waals surface area contributed by atoms with E-state index in [4.69, 9.17) is 33.2 Å². The van der Waals surface area contributed by atoms with Gasteiger partial charge in [0.15, 0.2) is 17.9 Å². The van der Waals surface area contributed by atoms with Crippen molar-refractivity contribution in [3.63, 3.8) is 0 Å². The average molecular weight is 366 g/mol. The van der Waals surface area contributed by atoms with Gasteiger partial charge in [0.25, 0.3) is 0 Å². The van der Waals surface area contributed by atoms with Crippen LogP contribution < -0.4 is 9.47 Å². The Kier molecular flexibility index (Phi) is 4.40. The molecule has 1 aromatic rings. The maximum Gasteiger partial charge on any atom is 0.190 e. The first-order valence-corrected chi connectivity index (χ1v) is 8.90. The van der Waals surface area contributed by atoms with E-state index in [1.54, 1.807) is 7.11 Å². The van der Waals surface area contributed by atoms with Crippen molar-refractivity contribution in [2.75, 3.05) is 13.7 Å². The smallest absolute Gasteiger partial charge is 0.190 e. The van der Waals surface area contributed by atoms with Gasteiger partial charge in [0, 0.05) is 0 Å².